The number of ether oxygens (including phenoxy) is 3. The number of carbonyl (C=O) groups is 1. The van der Waals surface area contributed by atoms with Gasteiger partial charge in [-0.05, 0) is 72.9 Å². The Hall–Kier alpha value is -4.17. The third-order valence-electron chi connectivity index (χ3n) is 7.70. The fourth-order valence-corrected chi connectivity index (χ4v) is 5.57. The van der Waals surface area contributed by atoms with Gasteiger partial charge in [0.05, 0.1) is 26.9 Å². The molecule has 1 aromatic heterocycles. The fraction of sp³-hybridized carbons (Fsp3) is 0.333. The number of rotatable bonds is 12. The van der Waals surface area contributed by atoms with E-state index in [1.807, 2.05) is 54.3 Å². The molecule has 0 bridgehead atoms. The van der Waals surface area contributed by atoms with Crippen molar-refractivity contribution in [1.29, 1.82) is 0 Å². The number of unbranched alkanes of at least 4 members (excludes halogenated alkanes) is 2. The van der Waals surface area contributed by atoms with Crippen LogP contribution < -0.4 is 14.2 Å². The Balaban J connectivity index is 1.51. The number of nitrogens with one attached hydrogen (secondary N) is 1. The van der Waals surface area contributed by atoms with Crippen molar-refractivity contribution in [1.82, 2.24) is 15.1 Å². The summed E-state index contributed by atoms with van der Waals surface area (Å²) < 4.78 is 16.8. The van der Waals surface area contributed by atoms with Crippen LogP contribution in [-0.4, -0.2) is 53.5 Å². The zero-order valence-corrected chi connectivity index (χ0v) is 25.1. The number of hydrogen-bond acceptors (Lipinski definition) is 6. The molecule has 220 valence electrons. The lowest BCUT2D eigenvalue weighted by atomic mass is 9.95. The third kappa shape index (κ3) is 5.77. The molecular weight excluding hydrogens is 554 g/mol. The Labute approximate surface area is 251 Å². The van der Waals surface area contributed by atoms with Crippen LogP contribution in [0.1, 0.15) is 65.0 Å². The topological polar surface area (TPSA) is 96.9 Å². The van der Waals surface area contributed by atoms with Crippen molar-refractivity contribution < 1.29 is 24.1 Å². The molecule has 0 spiro atoms. The van der Waals surface area contributed by atoms with Crippen LogP contribution in [0.15, 0.2) is 54.6 Å². The van der Waals surface area contributed by atoms with Crippen molar-refractivity contribution in [3.05, 3.63) is 87.6 Å². The Morgan fingerprint density at radius 1 is 1.02 bits per heavy atom. The molecule has 1 aliphatic rings. The molecule has 0 radical (unpaired) electrons. The van der Waals surface area contributed by atoms with E-state index in [2.05, 4.69) is 17.1 Å². The van der Waals surface area contributed by atoms with E-state index < -0.39 is 6.04 Å². The van der Waals surface area contributed by atoms with Crippen molar-refractivity contribution >= 4 is 17.5 Å². The number of phenolic OH excluding ortho intramolecular Hbond substituents is 1. The number of aryl methyl sites for hydroxylation is 1. The highest BCUT2D eigenvalue weighted by molar-refractivity contribution is 6.31. The number of phenols is 1. The molecule has 0 fully saturated rings. The Kier molecular flexibility index (Phi) is 8.92. The molecular formula is C33H36ClN3O5. The molecule has 4 aromatic rings. The Bertz CT molecular complexity index is 1570. The zero-order chi connectivity index (χ0) is 29.8. The first-order valence-corrected chi connectivity index (χ1v) is 14.6. The fourth-order valence-electron chi connectivity index (χ4n) is 5.41. The summed E-state index contributed by atoms with van der Waals surface area (Å²) in [4.78, 5) is 15.7. The highest BCUT2D eigenvalue weighted by Gasteiger charge is 2.42. The van der Waals surface area contributed by atoms with Crippen molar-refractivity contribution in [2.24, 2.45) is 0 Å². The lowest BCUT2D eigenvalue weighted by Gasteiger charge is -2.27. The lowest BCUT2D eigenvalue weighted by molar-refractivity contribution is 0.0746. The molecule has 0 aliphatic carbocycles. The summed E-state index contributed by atoms with van der Waals surface area (Å²) in [7, 11) is 3.21. The molecule has 1 atom stereocenters. The van der Waals surface area contributed by atoms with Gasteiger partial charge >= 0.3 is 0 Å². The number of fused-ring (bicyclic) bond motifs is 1. The van der Waals surface area contributed by atoms with Crippen molar-refractivity contribution in [3.8, 4) is 34.3 Å². The van der Waals surface area contributed by atoms with Gasteiger partial charge in [0.1, 0.15) is 22.9 Å². The van der Waals surface area contributed by atoms with Gasteiger partial charge < -0.3 is 24.2 Å². The second kappa shape index (κ2) is 12.8. The van der Waals surface area contributed by atoms with Crippen LogP contribution >= 0.6 is 11.6 Å². The first-order valence-electron chi connectivity index (χ1n) is 14.2. The minimum absolute atomic E-state index is 0.0528. The van der Waals surface area contributed by atoms with Crippen LogP contribution in [0.2, 0.25) is 5.02 Å². The predicted molar refractivity (Wildman–Crippen MR) is 163 cm³/mol. The smallest absolute Gasteiger partial charge is 0.273 e. The van der Waals surface area contributed by atoms with Crippen LogP contribution in [0.3, 0.4) is 0 Å². The number of aromatic hydroxyl groups is 1. The SMILES string of the molecule is CCCCCOc1ccc(C2c3c(-c4cc(Cl)c(C)cc4O)n[nH]c3C(=O)N2CCc2ccc(OC)c(OC)c2)cc1. The number of hydrogen-bond donors (Lipinski definition) is 2. The molecule has 3 aromatic carbocycles. The van der Waals surface area contributed by atoms with Crippen LogP contribution in [-0.2, 0) is 6.42 Å². The molecule has 0 saturated carbocycles. The second-order valence-corrected chi connectivity index (χ2v) is 10.9. The molecule has 1 unspecified atom stereocenters. The number of methoxy groups -OCH3 is 2. The van der Waals surface area contributed by atoms with Gasteiger partial charge in [-0.25, -0.2) is 0 Å². The summed E-state index contributed by atoms with van der Waals surface area (Å²) >= 11 is 6.45. The third-order valence-corrected chi connectivity index (χ3v) is 8.10. The summed E-state index contributed by atoms with van der Waals surface area (Å²) in [5, 5.41) is 18.8. The van der Waals surface area contributed by atoms with Gasteiger partial charge in [-0.15, -0.1) is 0 Å². The second-order valence-electron chi connectivity index (χ2n) is 10.4. The van der Waals surface area contributed by atoms with E-state index in [1.54, 1.807) is 26.4 Å². The number of nitrogens with zero attached hydrogens (tertiary/aromatic N) is 2. The maximum absolute atomic E-state index is 13.8. The van der Waals surface area contributed by atoms with E-state index in [0.29, 0.717) is 58.6 Å². The number of aromatic amines is 1. The molecule has 2 heterocycles. The van der Waals surface area contributed by atoms with Gasteiger partial charge in [0, 0.05) is 22.7 Å². The molecule has 8 nitrogen and oxygen atoms in total. The molecule has 0 saturated heterocycles. The molecule has 5 rings (SSSR count). The van der Waals surface area contributed by atoms with E-state index in [-0.39, 0.29) is 11.7 Å². The number of benzene rings is 3. The van der Waals surface area contributed by atoms with Crippen molar-refractivity contribution in [2.75, 3.05) is 27.4 Å². The molecule has 42 heavy (non-hydrogen) atoms. The van der Waals surface area contributed by atoms with Gasteiger partial charge in [-0.1, -0.05) is 49.6 Å². The first-order chi connectivity index (χ1) is 20.4. The number of aromatic nitrogens is 2. The quantitative estimate of drug-likeness (QED) is 0.171. The average molecular weight is 590 g/mol. The van der Waals surface area contributed by atoms with Crippen molar-refractivity contribution in [3.63, 3.8) is 0 Å². The minimum atomic E-state index is -0.435. The van der Waals surface area contributed by atoms with Gasteiger partial charge in [0.25, 0.3) is 5.91 Å². The first kappa shape index (κ1) is 29.3. The maximum Gasteiger partial charge on any atom is 0.273 e. The number of H-pyrrole nitrogens is 1. The van der Waals surface area contributed by atoms with E-state index >= 15 is 0 Å². The van der Waals surface area contributed by atoms with Crippen LogP contribution in [0, 0.1) is 6.92 Å². The average Bonchev–Trinajstić information content (AvgIpc) is 3.54. The minimum Gasteiger partial charge on any atom is -0.507 e. The predicted octanol–water partition coefficient (Wildman–Crippen LogP) is 7.12. The standard InChI is InChI=1S/C33H36ClN3O5/c1-5-6-7-16-42-23-11-9-22(10-12-23)32-29-30(24-19-25(34)20(2)17-26(24)38)35-36-31(29)33(39)37(32)15-14-21-8-13-27(40-3)28(18-21)41-4/h8-13,17-19,32,38H,5-7,14-16H2,1-4H3,(H,35,36). The molecule has 1 aliphatic heterocycles. The molecule has 2 N–H and O–H groups in total. The largest absolute Gasteiger partial charge is 0.507 e. The molecule has 9 heteroatoms. The summed E-state index contributed by atoms with van der Waals surface area (Å²) in [6, 6.07) is 16.5. The van der Waals surface area contributed by atoms with Gasteiger partial charge in [0.2, 0.25) is 0 Å². The summed E-state index contributed by atoms with van der Waals surface area (Å²) in [6.07, 6.45) is 3.85. The van der Waals surface area contributed by atoms with E-state index in [9.17, 15) is 9.90 Å². The van der Waals surface area contributed by atoms with Gasteiger partial charge in [-0.2, -0.15) is 5.10 Å². The monoisotopic (exact) mass is 589 g/mol. The van der Waals surface area contributed by atoms with E-state index in [4.69, 9.17) is 25.8 Å². The highest BCUT2D eigenvalue weighted by Crippen LogP contribution is 2.45. The van der Waals surface area contributed by atoms with Crippen molar-refractivity contribution in [2.45, 2.75) is 45.6 Å². The van der Waals surface area contributed by atoms with Crippen LogP contribution in [0.25, 0.3) is 11.3 Å². The van der Waals surface area contributed by atoms with Crippen LogP contribution in [0.5, 0.6) is 23.0 Å². The normalized spacial score (nSPS) is 14.3. The van der Waals surface area contributed by atoms with Crippen LogP contribution in [0.4, 0.5) is 0 Å². The summed E-state index contributed by atoms with van der Waals surface area (Å²) in [6.45, 7) is 5.10. The summed E-state index contributed by atoms with van der Waals surface area (Å²) in [5.74, 6) is 1.96. The van der Waals surface area contributed by atoms with Gasteiger partial charge in [0.15, 0.2) is 11.5 Å². The van der Waals surface area contributed by atoms with Gasteiger partial charge in [-0.3, -0.25) is 9.89 Å². The van der Waals surface area contributed by atoms with E-state index in [0.717, 1.165) is 41.7 Å². The lowest BCUT2D eigenvalue weighted by Crippen LogP contribution is -2.31. The number of halogens is 1. The number of carbonyl (C=O) groups excluding carboxylic acids is 1. The Morgan fingerprint density at radius 2 is 1.79 bits per heavy atom. The summed E-state index contributed by atoms with van der Waals surface area (Å²) in [5.41, 5.74) is 4.75. The van der Waals surface area contributed by atoms with E-state index in [1.165, 1.54) is 0 Å². The molecule has 1 amide bonds. The highest BCUT2D eigenvalue weighted by atomic mass is 35.5. The zero-order valence-electron chi connectivity index (χ0n) is 24.4. The number of amides is 1. The Morgan fingerprint density at radius 3 is 2.50 bits per heavy atom. The maximum atomic E-state index is 13.8.